The Kier molecular flexibility index (Phi) is 4.65. The van der Waals surface area contributed by atoms with E-state index in [-0.39, 0.29) is 18.2 Å². The van der Waals surface area contributed by atoms with Crippen molar-refractivity contribution in [3.63, 3.8) is 0 Å². The highest BCUT2D eigenvalue weighted by Gasteiger charge is 2.45. The third kappa shape index (κ3) is 3.20. The number of likely N-dealkylation sites (tertiary alicyclic amines) is 1. The molecule has 0 aromatic heterocycles. The predicted octanol–water partition coefficient (Wildman–Crippen LogP) is 2.93. The van der Waals surface area contributed by atoms with E-state index in [4.69, 9.17) is 4.74 Å². The highest BCUT2D eigenvalue weighted by molar-refractivity contribution is 6.22. The van der Waals surface area contributed by atoms with Crippen LogP contribution in [0, 0.1) is 13.8 Å². The van der Waals surface area contributed by atoms with E-state index in [9.17, 15) is 19.2 Å². The smallest absolute Gasteiger partial charge is 0.262 e. The summed E-state index contributed by atoms with van der Waals surface area (Å²) in [6, 6.07) is 10.5. The molecule has 0 aliphatic carbocycles. The van der Waals surface area contributed by atoms with Crippen LogP contribution in [0.25, 0.3) is 0 Å². The highest BCUT2D eigenvalue weighted by atomic mass is 16.5. The number of piperidine rings is 1. The van der Waals surface area contributed by atoms with Crippen molar-refractivity contribution in [1.29, 1.82) is 0 Å². The van der Waals surface area contributed by atoms with Crippen molar-refractivity contribution in [3.05, 3.63) is 64.2 Å². The van der Waals surface area contributed by atoms with Crippen molar-refractivity contribution >= 4 is 23.5 Å². The summed E-state index contributed by atoms with van der Waals surface area (Å²) in [7, 11) is 0. The van der Waals surface area contributed by atoms with Gasteiger partial charge in [-0.25, -0.2) is 0 Å². The van der Waals surface area contributed by atoms with Crippen molar-refractivity contribution in [3.8, 4) is 5.75 Å². The van der Waals surface area contributed by atoms with Crippen LogP contribution in [0.2, 0.25) is 0 Å². The second-order valence-corrected chi connectivity index (χ2v) is 8.97. The van der Waals surface area contributed by atoms with E-state index in [1.54, 1.807) is 29.2 Å². The number of ether oxygens (including phenoxy) is 1. The van der Waals surface area contributed by atoms with Crippen LogP contribution in [-0.4, -0.2) is 58.5 Å². The number of imide groups is 1. The quantitative estimate of drug-likeness (QED) is 0.682. The van der Waals surface area contributed by atoms with Crippen LogP contribution in [0.15, 0.2) is 36.4 Å². The molecule has 32 heavy (non-hydrogen) atoms. The number of carbonyl (C=O) groups is 4. The number of hydrogen-bond acceptors (Lipinski definition) is 5. The number of nitrogens with zero attached hydrogens (tertiary/aromatic N) is 2. The number of Topliss-reactive ketones (excluding diaryl/α,β-unsaturated/α-hetero) is 1. The minimum atomic E-state index is -0.615. The zero-order chi connectivity index (χ0) is 22.6. The van der Waals surface area contributed by atoms with Gasteiger partial charge in [0.15, 0.2) is 5.78 Å². The number of fused-ring (bicyclic) bond motifs is 2. The van der Waals surface area contributed by atoms with Crippen LogP contribution in [0.3, 0.4) is 0 Å². The number of benzene rings is 2. The van der Waals surface area contributed by atoms with Gasteiger partial charge in [0.25, 0.3) is 11.8 Å². The van der Waals surface area contributed by atoms with Crippen LogP contribution in [-0.2, 0) is 4.79 Å². The molecule has 3 aliphatic rings. The Morgan fingerprint density at radius 2 is 1.59 bits per heavy atom. The van der Waals surface area contributed by atoms with Crippen LogP contribution >= 0.6 is 0 Å². The Balaban J connectivity index is 1.26. The Morgan fingerprint density at radius 1 is 0.969 bits per heavy atom. The van der Waals surface area contributed by atoms with Crippen molar-refractivity contribution in [1.82, 2.24) is 9.80 Å². The topological polar surface area (TPSA) is 84.0 Å². The summed E-state index contributed by atoms with van der Waals surface area (Å²) >= 11 is 0. The lowest BCUT2D eigenvalue weighted by Crippen LogP contribution is -2.54. The van der Waals surface area contributed by atoms with E-state index in [1.807, 2.05) is 26.0 Å². The van der Waals surface area contributed by atoms with Crippen molar-refractivity contribution in [2.75, 3.05) is 19.6 Å². The van der Waals surface area contributed by atoms with Gasteiger partial charge in [0.05, 0.1) is 23.1 Å². The van der Waals surface area contributed by atoms with Crippen molar-refractivity contribution < 1.29 is 23.9 Å². The molecule has 0 atom stereocenters. The fraction of sp³-hybridized carbons (Fsp3) is 0.360. The maximum Gasteiger partial charge on any atom is 0.262 e. The molecule has 3 aliphatic heterocycles. The molecule has 1 saturated heterocycles. The lowest BCUT2D eigenvalue weighted by molar-refractivity contribution is -0.135. The van der Waals surface area contributed by atoms with Gasteiger partial charge in [-0.1, -0.05) is 18.2 Å². The van der Waals surface area contributed by atoms with E-state index < -0.39 is 17.4 Å². The number of carbonyl (C=O) groups excluding carboxylic acids is 4. The maximum absolute atomic E-state index is 12.9. The Bertz CT molecular complexity index is 1140. The molecule has 0 unspecified atom stereocenters. The van der Waals surface area contributed by atoms with Gasteiger partial charge in [0, 0.05) is 25.9 Å². The van der Waals surface area contributed by atoms with Crippen LogP contribution in [0.5, 0.6) is 5.75 Å². The molecule has 0 N–H and O–H groups in total. The molecular weight excluding hydrogens is 408 g/mol. The summed E-state index contributed by atoms with van der Waals surface area (Å²) in [5.74, 6) is -0.419. The minimum absolute atomic E-state index is 0.0730. The fourth-order valence-corrected chi connectivity index (χ4v) is 5.00. The van der Waals surface area contributed by atoms with E-state index >= 15 is 0 Å². The first kappa shape index (κ1) is 20.4. The fourth-order valence-electron chi connectivity index (χ4n) is 5.00. The third-order valence-electron chi connectivity index (χ3n) is 6.72. The van der Waals surface area contributed by atoms with Crippen molar-refractivity contribution in [2.45, 2.75) is 38.7 Å². The predicted molar refractivity (Wildman–Crippen MR) is 116 cm³/mol. The molecule has 3 heterocycles. The van der Waals surface area contributed by atoms with Gasteiger partial charge in [-0.3, -0.25) is 24.1 Å². The van der Waals surface area contributed by atoms with Crippen LogP contribution < -0.4 is 4.74 Å². The van der Waals surface area contributed by atoms with E-state index in [0.717, 1.165) is 16.0 Å². The number of amides is 3. The molecule has 7 heteroatoms. The second kappa shape index (κ2) is 7.29. The summed E-state index contributed by atoms with van der Waals surface area (Å²) in [4.78, 5) is 53.5. The first-order valence-electron chi connectivity index (χ1n) is 10.8. The van der Waals surface area contributed by atoms with E-state index in [0.29, 0.717) is 54.8 Å². The van der Waals surface area contributed by atoms with Gasteiger partial charge in [-0.15, -0.1) is 0 Å². The molecular formula is C25H24N2O5. The molecule has 7 nitrogen and oxygen atoms in total. The van der Waals surface area contributed by atoms with E-state index in [1.165, 1.54) is 0 Å². The van der Waals surface area contributed by atoms with E-state index in [2.05, 4.69) is 0 Å². The average molecular weight is 432 g/mol. The zero-order valence-electron chi connectivity index (χ0n) is 18.1. The average Bonchev–Trinajstić information content (AvgIpc) is 3.00. The molecule has 1 fully saturated rings. The molecule has 164 valence electrons. The van der Waals surface area contributed by atoms with Gasteiger partial charge >= 0.3 is 0 Å². The number of aryl methyl sites for hydroxylation is 2. The lowest BCUT2D eigenvalue weighted by Gasteiger charge is -2.44. The Morgan fingerprint density at radius 3 is 2.22 bits per heavy atom. The third-order valence-corrected chi connectivity index (χ3v) is 6.72. The summed E-state index contributed by atoms with van der Waals surface area (Å²) in [5.41, 5.74) is 2.66. The molecule has 3 amide bonds. The lowest BCUT2D eigenvalue weighted by atomic mass is 9.81. The molecule has 5 rings (SSSR count). The monoisotopic (exact) mass is 432 g/mol. The van der Waals surface area contributed by atoms with Crippen LogP contribution in [0.4, 0.5) is 0 Å². The second-order valence-electron chi connectivity index (χ2n) is 8.97. The summed E-state index contributed by atoms with van der Waals surface area (Å²) in [6.45, 7) is 4.45. The van der Waals surface area contributed by atoms with Gasteiger partial charge in [-0.05, 0) is 43.2 Å². The highest BCUT2D eigenvalue weighted by Crippen LogP contribution is 2.41. The summed E-state index contributed by atoms with van der Waals surface area (Å²) in [6.07, 6.45) is 1.35. The molecule has 2 aromatic carbocycles. The van der Waals surface area contributed by atoms with Gasteiger partial charge < -0.3 is 9.64 Å². The summed E-state index contributed by atoms with van der Waals surface area (Å²) in [5, 5.41) is 0. The standard InChI is InChI=1S/C25H24N2O5/c1-15-11-16(2)22-19(12-15)20(28)13-25(32-22)7-9-26(10-8-25)21(29)14-27-23(30)17-5-3-4-6-18(17)24(27)31/h3-6,11-12H,7-10,13-14H2,1-2H3. The molecule has 0 saturated carbocycles. The normalized spacial score (nSPS) is 19.1. The number of rotatable bonds is 2. The summed E-state index contributed by atoms with van der Waals surface area (Å²) < 4.78 is 6.38. The molecule has 2 aromatic rings. The van der Waals surface area contributed by atoms with Crippen LogP contribution in [0.1, 0.15) is 61.5 Å². The zero-order valence-corrected chi connectivity index (χ0v) is 18.1. The van der Waals surface area contributed by atoms with Gasteiger partial charge in [0.2, 0.25) is 5.91 Å². The number of hydrogen-bond donors (Lipinski definition) is 0. The molecule has 0 radical (unpaired) electrons. The maximum atomic E-state index is 12.9. The number of ketones is 1. The SMILES string of the molecule is Cc1cc(C)c2c(c1)C(=O)CC1(CCN(C(=O)CN3C(=O)c4ccccc4C3=O)CC1)O2. The first-order chi connectivity index (χ1) is 15.3. The Labute approximate surface area is 185 Å². The largest absolute Gasteiger partial charge is 0.486 e. The molecule has 1 spiro atoms. The van der Waals surface area contributed by atoms with Gasteiger partial charge in [-0.2, -0.15) is 0 Å². The molecule has 0 bridgehead atoms. The first-order valence-corrected chi connectivity index (χ1v) is 10.8. The minimum Gasteiger partial charge on any atom is -0.486 e. The van der Waals surface area contributed by atoms with Crippen molar-refractivity contribution in [2.24, 2.45) is 0 Å². The Hall–Kier alpha value is -3.48. The van der Waals surface area contributed by atoms with Gasteiger partial charge in [0.1, 0.15) is 17.9 Å².